The quantitative estimate of drug-likeness (QED) is 0.755. The molecule has 23 heavy (non-hydrogen) atoms. The van der Waals surface area contributed by atoms with Gasteiger partial charge >= 0.3 is 0 Å². The molecule has 2 aromatic rings. The van der Waals surface area contributed by atoms with Crippen molar-refractivity contribution in [2.24, 2.45) is 5.73 Å². The van der Waals surface area contributed by atoms with Crippen molar-refractivity contribution in [1.29, 1.82) is 0 Å². The van der Waals surface area contributed by atoms with Crippen molar-refractivity contribution in [3.8, 4) is 5.75 Å². The van der Waals surface area contributed by atoms with Gasteiger partial charge in [-0.25, -0.2) is 0 Å². The first kappa shape index (κ1) is 19.5. The van der Waals surface area contributed by atoms with Crippen LogP contribution in [0.2, 0.25) is 0 Å². The molecule has 1 unspecified atom stereocenters. The Morgan fingerprint density at radius 3 is 2.39 bits per heavy atom. The van der Waals surface area contributed by atoms with Crippen LogP contribution in [0, 0.1) is 0 Å². The molecule has 0 spiro atoms. The third-order valence-electron chi connectivity index (χ3n) is 3.84. The lowest BCUT2D eigenvalue weighted by Crippen LogP contribution is -2.22. The smallest absolute Gasteiger partial charge is 0.122 e. The molecule has 0 fully saturated rings. The molecular formula is C20H28ClNO. The van der Waals surface area contributed by atoms with E-state index in [1.165, 1.54) is 16.7 Å². The van der Waals surface area contributed by atoms with E-state index < -0.39 is 0 Å². The van der Waals surface area contributed by atoms with E-state index in [-0.39, 0.29) is 18.4 Å². The lowest BCUT2D eigenvalue weighted by molar-refractivity contribution is 0.313. The van der Waals surface area contributed by atoms with Crippen LogP contribution in [0.3, 0.4) is 0 Å². The fourth-order valence-corrected chi connectivity index (χ4v) is 2.51. The second-order valence-electron chi connectivity index (χ2n) is 5.83. The van der Waals surface area contributed by atoms with Gasteiger partial charge in [0.25, 0.3) is 0 Å². The van der Waals surface area contributed by atoms with Crippen molar-refractivity contribution in [3.63, 3.8) is 0 Å². The molecule has 0 heterocycles. The van der Waals surface area contributed by atoms with E-state index >= 15 is 0 Å². The van der Waals surface area contributed by atoms with E-state index in [0.29, 0.717) is 0 Å². The summed E-state index contributed by atoms with van der Waals surface area (Å²) in [7, 11) is 0. The molecule has 0 saturated carbocycles. The highest BCUT2D eigenvalue weighted by molar-refractivity contribution is 5.85. The van der Waals surface area contributed by atoms with E-state index in [0.717, 1.165) is 38.0 Å². The van der Waals surface area contributed by atoms with Crippen LogP contribution >= 0.6 is 12.4 Å². The van der Waals surface area contributed by atoms with Gasteiger partial charge in [-0.15, -0.1) is 12.4 Å². The molecule has 2 aromatic carbocycles. The number of ether oxygens (including phenoxy) is 1. The lowest BCUT2D eigenvalue weighted by atomic mass is 9.98. The van der Waals surface area contributed by atoms with Crippen molar-refractivity contribution in [2.45, 2.75) is 45.6 Å². The summed E-state index contributed by atoms with van der Waals surface area (Å²) in [5.74, 6) is 0.988. The van der Waals surface area contributed by atoms with Crippen molar-refractivity contribution in [1.82, 2.24) is 0 Å². The van der Waals surface area contributed by atoms with Crippen molar-refractivity contribution in [2.75, 3.05) is 6.61 Å². The number of halogens is 1. The van der Waals surface area contributed by atoms with Gasteiger partial charge < -0.3 is 10.5 Å². The molecule has 0 aliphatic rings. The summed E-state index contributed by atoms with van der Waals surface area (Å²) in [5.41, 5.74) is 10.0. The maximum atomic E-state index is 6.15. The van der Waals surface area contributed by atoms with Crippen LogP contribution in [0.4, 0.5) is 0 Å². The third-order valence-corrected chi connectivity index (χ3v) is 3.84. The first-order valence-electron chi connectivity index (χ1n) is 8.27. The fourth-order valence-electron chi connectivity index (χ4n) is 2.51. The standard InChI is InChI=1S/C20H27NO.ClH/c1-3-12-22-20-11-10-17(13-16-8-6-5-7-9-16)14-18(20)15-19(21)4-2;/h5-11,14,19H,3-4,12-13,15,21H2,1-2H3;1H. The summed E-state index contributed by atoms with van der Waals surface area (Å²) in [5, 5.41) is 0. The first-order chi connectivity index (χ1) is 10.7. The molecule has 3 heteroatoms. The van der Waals surface area contributed by atoms with Gasteiger partial charge in [-0.05, 0) is 48.4 Å². The fraction of sp³-hybridized carbons (Fsp3) is 0.400. The summed E-state index contributed by atoms with van der Waals surface area (Å²) < 4.78 is 5.88. The van der Waals surface area contributed by atoms with E-state index in [1.54, 1.807) is 0 Å². The molecule has 2 N–H and O–H groups in total. The maximum Gasteiger partial charge on any atom is 0.122 e. The number of benzene rings is 2. The van der Waals surface area contributed by atoms with Gasteiger partial charge in [-0.1, -0.05) is 56.3 Å². The molecule has 0 saturated heterocycles. The Labute approximate surface area is 146 Å². The van der Waals surface area contributed by atoms with Gasteiger partial charge in [0.1, 0.15) is 5.75 Å². The van der Waals surface area contributed by atoms with Gasteiger partial charge in [-0.3, -0.25) is 0 Å². The average Bonchev–Trinajstić information content (AvgIpc) is 2.55. The lowest BCUT2D eigenvalue weighted by Gasteiger charge is -2.16. The van der Waals surface area contributed by atoms with Gasteiger partial charge in [0.2, 0.25) is 0 Å². The highest BCUT2D eigenvalue weighted by Crippen LogP contribution is 2.24. The largest absolute Gasteiger partial charge is 0.493 e. The van der Waals surface area contributed by atoms with E-state index in [9.17, 15) is 0 Å². The van der Waals surface area contributed by atoms with Crippen molar-refractivity contribution >= 4 is 12.4 Å². The molecule has 1 atom stereocenters. The molecule has 0 aliphatic heterocycles. The number of nitrogens with two attached hydrogens (primary N) is 1. The first-order valence-corrected chi connectivity index (χ1v) is 8.27. The Hall–Kier alpha value is -1.51. The van der Waals surface area contributed by atoms with Crippen molar-refractivity contribution < 1.29 is 4.74 Å². The monoisotopic (exact) mass is 333 g/mol. The molecule has 0 bridgehead atoms. The molecule has 0 aromatic heterocycles. The molecule has 0 aliphatic carbocycles. The van der Waals surface area contributed by atoms with Crippen molar-refractivity contribution in [3.05, 3.63) is 65.2 Å². The molecule has 2 rings (SSSR count). The Balaban J connectivity index is 0.00000264. The van der Waals surface area contributed by atoms with Crippen LogP contribution in [0.5, 0.6) is 5.75 Å². The topological polar surface area (TPSA) is 35.2 Å². The summed E-state index contributed by atoms with van der Waals surface area (Å²) in [4.78, 5) is 0. The number of hydrogen-bond donors (Lipinski definition) is 1. The normalized spacial score (nSPS) is 11.6. The zero-order valence-corrected chi connectivity index (χ0v) is 14.9. The summed E-state index contributed by atoms with van der Waals surface area (Å²) in [6.45, 7) is 5.01. The van der Waals surface area contributed by atoms with E-state index in [4.69, 9.17) is 10.5 Å². The highest BCUT2D eigenvalue weighted by Gasteiger charge is 2.09. The van der Waals surface area contributed by atoms with E-state index in [1.807, 2.05) is 0 Å². The molecule has 126 valence electrons. The predicted octanol–water partition coefficient (Wildman–Crippen LogP) is 4.77. The van der Waals surface area contributed by atoms with Crippen LogP contribution in [0.1, 0.15) is 43.4 Å². The molecule has 2 nitrogen and oxygen atoms in total. The van der Waals surface area contributed by atoms with Crippen LogP contribution in [0.25, 0.3) is 0 Å². The summed E-state index contributed by atoms with van der Waals surface area (Å²) >= 11 is 0. The Morgan fingerprint density at radius 1 is 1.00 bits per heavy atom. The van der Waals surface area contributed by atoms with Gasteiger partial charge in [0.15, 0.2) is 0 Å². The second kappa shape index (κ2) is 10.3. The minimum absolute atomic E-state index is 0. The summed E-state index contributed by atoms with van der Waals surface area (Å²) in [6.07, 6.45) is 3.82. The second-order valence-corrected chi connectivity index (χ2v) is 5.83. The zero-order chi connectivity index (χ0) is 15.8. The average molecular weight is 334 g/mol. The van der Waals surface area contributed by atoms with Crippen LogP contribution < -0.4 is 10.5 Å². The maximum absolute atomic E-state index is 6.15. The number of rotatable bonds is 8. The van der Waals surface area contributed by atoms with Gasteiger partial charge in [0, 0.05) is 6.04 Å². The SMILES string of the molecule is CCCOc1ccc(Cc2ccccc2)cc1CC(N)CC.Cl. The van der Waals surface area contributed by atoms with Gasteiger partial charge in [0.05, 0.1) is 6.61 Å². The minimum Gasteiger partial charge on any atom is -0.493 e. The summed E-state index contributed by atoms with van der Waals surface area (Å²) in [6, 6.07) is 17.3. The van der Waals surface area contributed by atoms with E-state index in [2.05, 4.69) is 62.4 Å². The highest BCUT2D eigenvalue weighted by atomic mass is 35.5. The van der Waals surface area contributed by atoms with Crippen LogP contribution in [-0.4, -0.2) is 12.6 Å². The molecular weight excluding hydrogens is 306 g/mol. The Morgan fingerprint density at radius 2 is 1.74 bits per heavy atom. The van der Waals surface area contributed by atoms with Crippen LogP contribution in [-0.2, 0) is 12.8 Å². The predicted molar refractivity (Wildman–Crippen MR) is 101 cm³/mol. The van der Waals surface area contributed by atoms with Crippen LogP contribution in [0.15, 0.2) is 48.5 Å². The molecule has 0 radical (unpaired) electrons. The Bertz CT molecular complexity index is 571. The molecule has 0 amide bonds. The minimum atomic E-state index is 0. The van der Waals surface area contributed by atoms with Gasteiger partial charge in [-0.2, -0.15) is 0 Å². The Kier molecular flexibility index (Phi) is 8.75. The number of hydrogen-bond acceptors (Lipinski definition) is 2. The third kappa shape index (κ3) is 6.25. The zero-order valence-electron chi connectivity index (χ0n) is 14.1.